The number of aliphatic imine (C=N–C) groups is 1. The third-order valence-electron chi connectivity index (χ3n) is 3.62. The van der Waals surface area contributed by atoms with Crippen molar-refractivity contribution in [1.82, 2.24) is 10.6 Å². The number of amides is 2. The van der Waals surface area contributed by atoms with Crippen molar-refractivity contribution in [2.75, 3.05) is 12.0 Å². The Labute approximate surface area is 171 Å². The number of hydrogen-bond acceptors (Lipinski definition) is 6. The van der Waals surface area contributed by atoms with E-state index in [-0.39, 0.29) is 29.9 Å². The van der Waals surface area contributed by atoms with Crippen LogP contribution in [0.2, 0.25) is 5.02 Å². The van der Waals surface area contributed by atoms with E-state index >= 15 is 0 Å². The first-order valence-corrected chi connectivity index (χ1v) is 10.4. The zero-order chi connectivity index (χ0) is 19.8. The Kier molecular flexibility index (Phi) is 7.98. The highest BCUT2D eigenvalue weighted by molar-refractivity contribution is 8.13. The molecule has 0 saturated heterocycles. The van der Waals surface area contributed by atoms with Gasteiger partial charge in [-0.3, -0.25) is 9.59 Å². The summed E-state index contributed by atoms with van der Waals surface area (Å²) in [5, 5.41) is 16.4. The van der Waals surface area contributed by atoms with Gasteiger partial charge in [0.2, 0.25) is 11.8 Å². The normalized spacial score (nSPS) is 17.1. The number of allylic oxidation sites excluding steroid dienone is 1. The lowest BCUT2D eigenvalue weighted by Gasteiger charge is -2.25. The van der Waals surface area contributed by atoms with Crippen LogP contribution in [0.25, 0.3) is 0 Å². The molecule has 0 spiro atoms. The van der Waals surface area contributed by atoms with Crippen molar-refractivity contribution >= 4 is 52.1 Å². The first-order chi connectivity index (χ1) is 13.0. The molecule has 0 radical (unpaired) electrons. The zero-order valence-electron chi connectivity index (χ0n) is 14.5. The summed E-state index contributed by atoms with van der Waals surface area (Å²) in [4.78, 5) is 28.2. The largest absolute Gasteiger partial charge is 0.320 e. The van der Waals surface area contributed by atoms with E-state index < -0.39 is 0 Å². The second kappa shape index (κ2) is 10.2. The van der Waals surface area contributed by atoms with Crippen molar-refractivity contribution in [2.24, 2.45) is 4.99 Å². The number of benzene rings is 1. The molecule has 1 aliphatic rings. The fraction of sp³-hybridized carbons (Fsp3) is 0.222. The highest BCUT2D eigenvalue weighted by atomic mass is 35.5. The van der Waals surface area contributed by atoms with Crippen LogP contribution in [-0.4, -0.2) is 29.0 Å². The SMILES string of the molecule is C=CN=C(NC(=O)CSC1=C(C#N)C(c2ccc(Cl)cc2)CC(=O)N1)SC. The van der Waals surface area contributed by atoms with Gasteiger partial charge in [-0.05, 0) is 24.0 Å². The zero-order valence-corrected chi connectivity index (χ0v) is 16.9. The average Bonchev–Trinajstić information content (AvgIpc) is 2.66. The minimum atomic E-state index is -0.365. The Morgan fingerprint density at radius 1 is 1.52 bits per heavy atom. The van der Waals surface area contributed by atoms with Gasteiger partial charge in [-0.15, -0.1) is 0 Å². The van der Waals surface area contributed by atoms with Crippen LogP contribution >= 0.6 is 35.1 Å². The van der Waals surface area contributed by atoms with Gasteiger partial charge in [-0.25, -0.2) is 4.99 Å². The summed E-state index contributed by atoms with van der Waals surface area (Å²) in [7, 11) is 0. The molecule has 0 aliphatic carbocycles. The molecule has 27 heavy (non-hydrogen) atoms. The molecule has 2 rings (SSSR count). The maximum absolute atomic E-state index is 12.1. The van der Waals surface area contributed by atoms with Gasteiger partial charge in [0.1, 0.15) is 0 Å². The lowest BCUT2D eigenvalue weighted by atomic mass is 9.87. The van der Waals surface area contributed by atoms with Crippen LogP contribution in [0.4, 0.5) is 0 Å². The molecule has 6 nitrogen and oxygen atoms in total. The van der Waals surface area contributed by atoms with Gasteiger partial charge in [0, 0.05) is 23.6 Å². The first-order valence-electron chi connectivity index (χ1n) is 7.83. The molecule has 2 amide bonds. The molecule has 1 aliphatic heterocycles. The van der Waals surface area contributed by atoms with E-state index in [1.54, 1.807) is 30.5 Å². The van der Waals surface area contributed by atoms with Gasteiger partial charge >= 0.3 is 0 Å². The van der Waals surface area contributed by atoms with Crippen LogP contribution in [0.15, 0.2) is 52.6 Å². The molecule has 2 N–H and O–H groups in total. The van der Waals surface area contributed by atoms with Crippen molar-refractivity contribution in [1.29, 1.82) is 5.26 Å². The minimum Gasteiger partial charge on any atom is -0.320 e. The summed E-state index contributed by atoms with van der Waals surface area (Å²) in [6.45, 7) is 3.49. The molecule has 0 aromatic heterocycles. The summed E-state index contributed by atoms with van der Waals surface area (Å²) in [6.07, 6.45) is 3.29. The van der Waals surface area contributed by atoms with Crippen molar-refractivity contribution < 1.29 is 9.59 Å². The number of thioether (sulfide) groups is 2. The summed E-state index contributed by atoms with van der Waals surface area (Å²) < 4.78 is 0. The molecule has 0 saturated carbocycles. The maximum Gasteiger partial charge on any atom is 0.236 e. The van der Waals surface area contributed by atoms with E-state index in [4.69, 9.17) is 11.6 Å². The summed E-state index contributed by atoms with van der Waals surface area (Å²) in [5.74, 6) is -0.821. The number of nitrogens with zero attached hydrogens (tertiary/aromatic N) is 2. The van der Waals surface area contributed by atoms with E-state index in [0.29, 0.717) is 20.8 Å². The quantitative estimate of drug-likeness (QED) is 0.562. The standard InChI is InChI=1S/C18H17ClN4O2S2/c1-3-21-18(26-2)23-16(25)10-27-17-14(9-20)13(8-15(24)22-17)11-4-6-12(19)7-5-11/h3-7,13H,1,8,10H2,2H3,(H,22,24)(H,21,23,25). The van der Waals surface area contributed by atoms with Crippen LogP contribution in [0, 0.1) is 11.3 Å². The van der Waals surface area contributed by atoms with Crippen LogP contribution in [0.1, 0.15) is 17.9 Å². The Morgan fingerprint density at radius 3 is 2.81 bits per heavy atom. The number of carbonyl (C=O) groups excluding carboxylic acids is 2. The fourth-order valence-electron chi connectivity index (χ4n) is 2.42. The molecule has 0 bridgehead atoms. The van der Waals surface area contributed by atoms with E-state index in [0.717, 1.165) is 17.3 Å². The van der Waals surface area contributed by atoms with Crippen molar-refractivity contribution in [3.8, 4) is 6.07 Å². The highest BCUT2D eigenvalue weighted by Gasteiger charge is 2.29. The van der Waals surface area contributed by atoms with Crippen molar-refractivity contribution in [3.05, 3.63) is 58.2 Å². The number of amidine groups is 1. The number of hydrogen-bond donors (Lipinski definition) is 2. The molecule has 1 aromatic carbocycles. The third-order valence-corrected chi connectivity index (χ3v) is 5.49. The van der Waals surface area contributed by atoms with E-state index in [9.17, 15) is 14.9 Å². The Hall–Kier alpha value is -2.21. The smallest absolute Gasteiger partial charge is 0.236 e. The lowest BCUT2D eigenvalue weighted by Crippen LogP contribution is -2.33. The lowest BCUT2D eigenvalue weighted by molar-refractivity contribution is -0.121. The molecule has 1 aromatic rings. The number of carbonyl (C=O) groups is 2. The van der Waals surface area contributed by atoms with Gasteiger partial charge < -0.3 is 10.6 Å². The second-order valence-corrected chi connectivity index (χ2v) is 7.59. The van der Waals surface area contributed by atoms with Gasteiger partial charge in [0.15, 0.2) is 5.17 Å². The number of nitriles is 1. The highest BCUT2D eigenvalue weighted by Crippen LogP contribution is 2.36. The maximum atomic E-state index is 12.1. The van der Waals surface area contributed by atoms with Crippen LogP contribution in [-0.2, 0) is 9.59 Å². The Balaban J connectivity index is 2.17. The number of rotatable bonds is 5. The van der Waals surface area contributed by atoms with Gasteiger partial charge in [-0.1, -0.05) is 53.8 Å². The van der Waals surface area contributed by atoms with Crippen LogP contribution < -0.4 is 10.6 Å². The van der Waals surface area contributed by atoms with Crippen molar-refractivity contribution in [3.63, 3.8) is 0 Å². The molecule has 1 heterocycles. The second-order valence-electron chi connectivity index (χ2n) is 5.37. The summed E-state index contributed by atoms with van der Waals surface area (Å²) >= 11 is 8.31. The van der Waals surface area contributed by atoms with Gasteiger partial charge in [0.05, 0.1) is 22.4 Å². The predicted molar refractivity (Wildman–Crippen MR) is 111 cm³/mol. The first kappa shape index (κ1) is 21.1. The van der Waals surface area contributed by atoms with Gasteiger partial charge in [-0.2, -0.15) is 5.26 Å². The molecule has 140 valence electrons. The summed E-state index contributed by atoms with van der Waals surface area (Å²) in [6, 6.07) is 9.22. The Morgan fingerprint density at radius 2 is 2.22 bits per heavy atom. The average molecular weight is 421 g/mol. The number of halogens is 1. The fourth-order valence-corrected chi connectivity index (χ4v) is 3.82. The van der Waals surface area contributed by atoms with Crippen LogP contribution in [0.5, 0.6) is 0 Å². The molecule has 0 fully saturated rings. The summed E-state index contributed by atoms with van der Waals surface area (Å²) in [5.41, 5.74) is 1.26. The molecular formula is C18H17ClN4O2S2. The molecular weight excluding hydrogens is 404 g/mol. The molecule has 1 unspecified atom stereocenters. The molecule has 1 atom stereocenters. The third kappa shape index (κ3) is 5.89. The van der Waals surface area contributed by atoms with E-state index in [2.05, 4.69) is 28.3 Å². The topological polar surface area (TPSA) is 94.3 Å². The van der Waals surface area contributed by atoms with E-state index in [1.807, 2.05) is 0 Å². The van der Waals surface area contributed by atoms with Crippen LogP contribution in [0.3, 0.4) is 0 Å². The Bertz CT molecular complexity index is 844. The monoisotopic (exact) mass is 420 g/mol. The van der Waals surface area contributed by atoms with Crippen molar-refractivity contribution in [2.45, 2.75) is 12.3 Å². The molecule has 9 heteroatoms. The number of nitrogens with one attached hydrogen (secondary N) is 2. The van der Waals surface area contributed by atoms with Gasteiger partial charge in [0.25, 0.3) is 0 Å². The van der Waals surface area contributed by atoms with E-state index in [1.165, 1.54) is 18.0 Å². The predicted octanol–water partition coefficient (Wildman–Crippen LogP) is 3.39. The minimum absolute atomic E-state index is 0.0326.